The molecule has 0 saturated heterocycles. The van der Waals surface area contributed by atoms with Crippen molar-refractivity contribution in [3.8, 4) is 10.6 Å². The Kier molecular flexibility index (Phi) is 3.00. The topological polar surface area (TPSA) is 67.9 Å². The lowest BCUT2D eigenvalue weighted by molar-refractivity contribution is 0.0595. The van der Waals surface area contributed by atoms with Gasteiger partial charge >= 0.3 is 5.97 Å². The van der Waals surface area contributed by atoms with E-state index < -0.39 is 5.97 Å². The minimum atomic E-state index is -0.430. The van der Waals surface area contributed by atoms with Crippen LogP contribution in [0.15, 0.2) is 11.6 Å². The number of rotatable bonds is 3. The second-order valence-electron chi connectivity index (χ2n) is 3.15. The maximum Gasteiger partial charge on any atom is 0.356 e. The zero-order valence-corrected chi connectivity index (χ0v) is 9.80. The molecule has 0 aliphatic heterocycles. The van der Waals surface area contributed by atoms with Crippen molar-refractivity contribution in [2.24, 2.45) is 0 Å². The van der Waals surface area contributed by atoms with E-state index in [-0.39, 0.29) is 0 Å². The first-order valence-corrected chi connectivity index (χ1v) is 5.70. The highest BCUT2D eigenvalue weighted by molar-refractivity contribution is 7.13. The molecule has 6 heteroatoms. The van der Waals surface area contributed by atoms with E-state index >= 15 is 0 Å². The highest BCUT2D eigenvalue weighted by Crippen LogP contribution is 2.26. The number of esters is 1. The lowest BCUT2D eigenvalue weighted by Crippen LogP contribution is -2.03. The van der Waals surface area contributed by atoms with Crippen molar-refractivity contribution in [2.45, 2.75) is 13.3 Å². The Morgan fingerprint density at radius 3 is 3.06 bits per heavy atom. The van der Waals surface area contributed by atoms with Crippen LogP contribution < -0.4 is 0 Å². The van der Waals surface area contributed by atoms with Crippen LogP contribution in [0.2, 0.25) is 0 Å². The van der Waals surface area contributed by atoms with Gasteiger partial charge in [0.1, 0.15) is 5.01 Å². The van der Waals surface area contributed by atoms with Crippen molar-refractivity contribution in [2.75, 3.05) is 7.11 Å². The minimum Gasteiger partial charge on any atom is -0.464 e. The molecule has 0 amide bonds. The average Bonchev–Trinajstić information content (AvgIpc) is 2.95. The van der Waals surface area contributed by atoms with Crippen LogP contribution >= 0.6 is 11.3 Å². The van der Waals surface area contributed by atoms with Gasteiger partial charge in [0.15, 0.2) is 5.69 Å². The van der Waals surface area contributed by atoms with Crippen molar-refractivity contribution in [1.29, 1.82) is 0 Å². The molecule has 2 aromatic heterocycles. The highest BCUT2D eigenvalue weighted by atomic mass is 32.1. The number of aromatic nitrogens is 3. The van der Waals surface area contributed by atoms with Crippen molar-refractivity contribution >= 4 is 17.3 Å². The van der Waals surface area contributed by atoms with Crippen LogP contribution in [0.1, 0.15) is 23.1 Å². The summed E-state index contributed by atoms with van der Waals surface area (Å²) in [6, 6.07) is 0. The van der Waals surface area contributed by atoms with E-state index in [2.05, 4.69) is 19.9 Å². The third-order valence-corrected chi connectivity index (χ3v) is 3.10. The quantitative estimate of drug-likeness (QED) is 0.828. The summed E-state index contributed by atoms with van der Waals surface area (Å²) in [5.41, 5.74) is 2.05. The van der Waals surface area contributed by atoms with Crippen molar-refractivity contribution in [1.82, 2.24) is 15.2 Å². The number of carbonyl (C=O) groups is 1. The second-order valence-corrected chi connectivity index (χ2v) is 4.01. The smallest absolute Gasteiger partial charge is 0.356 e. The van der Waals surface area contributed by atoms with E-state index in [1.54, 1.807) is 6.20 Å². The zero-order chi connectivity index (χ0) is 11.5. The monoisotopic (exact) mass is 237 g/mol. The van der Waals surface area contributed by atoms with Gasteiger partial charge in [-0.1, -0.05) is 6.92 Å². The molecule has 2 rings (SSSR count). The van der Waals surface area contributed by atoms with Crippen molar-refractivity contribution in [3.63, 3.8) is 0 Å². The summed E-state index contributed by atoms with van der Waals surface area (Å²) in [6.07, 6.45) is 2.46. The van der Waals surface area contributed by atoms with Gasteiger partial charge in [-0.15, -0.1) is 11.3 Å². The van der Waals surface area contributed by atoms with Gasteiger partial charge in [0.2, 0.25) is 0 Å². The predicted octanol–water partition coefficient (Wildman–Crippen LogP) is 1.88. The fourth-order valence-corrected chi connectivity index (χ4v) is 2.22. The molecule has 0 radical (unpaired) electrons. The highest BCUT2D eigenvalue weighted by Gasteiger charge is 2.17. The number of hydrogen-bond acceptors (Lipinski definition) is 5. The normalized spacial score (nSPS) is 10.4. The van der Waals surface area contributed by atoms with Crippen molar-refractivity contribution < 1.29 is 9.53 Å². The fraction of sp³-hybridized carbons (Fsp3) is 0.300. The Balaban J connectivity index is 2.40. The average molecular weight is 237 g/mol. The zero-order valence-electron chi connectivity index (χ0n) is 8.98. The molecule has 0 saturated carbocycles. The Morgan fingerprint density at radius 2 is 2.44 bits per heavy atom. The summed E-state index contributed by atoms with van der Waals surface area (Å²) < 4.78 is 4.66. The maximum atomic E-state index is 11.4. The van der Waals surface area contributed by atoms with Gasteiger partial charge < -0.3 is 4.74 Å². The van der Waals surface area contributed by atoms with Gasteiger partial charge in [-0.2, -0.15) is 5.10 Å². The summed E-state index contributed by atoms with van der Waals surface area (Å²) in [5.74, 6) is -0.430. The third kappa shape index (κ3) is 1.83. The lowest BCUT2D eigenvalue weighted by Gasteiger charge is -1.97. The summed E-state index contributed by atoms with van der Waals surface area (Å²) >= 11 is 1.50. The van der Waals surface area contributed by atoms with E-state index in [0.717, 1.165) is 17.1 Å². The number of aromatic amines is 1. The molecule has 0 aliphatic carbocycles. The number of methoxy groups -OCH3 is 1. The SMILES string of the molecule is CCc1csc(-c2cn[nH]c2C(=O)OC)n1. The molecule has 2 heterocycles. The Labute approximate surface area is 96.5 Å². The van der Waals surface area contributed by atoms with Crippen LogP contribution in [0.4, 0.5) is 0 Å². The Bertz CT molecular complexity index is 504. The van der Waals surface area contributed by atoms with E-state index in [9.17, 15) is 4.79 Å². The number of hydrogen-bond donors (Lipinski definition) is 1. The van der Waals surface area contributed by atoms with Gasteiger partial charge in [-0.05, 0) is 6.42 Å². The van der Waals surface area contributed by atoms with Crippen LogP contribution in [0.5, 0.6) is 0 Å². The molecular formula is C10H11N3O2S. The molecule has 0 unspecified atom stereocenters. The van der Waals surface area contributed by atoms with Gasteiger partial charge in [0.05, 0.1) is 24.6 Å². The summed E-state index contributed by atoms with van der Waals surface area (Å²) in [6.45, 7) is 2.04. The molecular weight excluding hydrogens is 226 g/mol. The largest absolute Gasteiger partial charge is 0.464 e. The number of thiazole rings is 1. The molecule has 84 valence electrons. The fourth-order valence-electron chi connectivity index (χ4n) is 1.30. The van der Waals surface area contributed by atoms with E-state index in [1.807, 2.05) is 12.3 Å². The number of H-pyrrole nitrogens is 1. The van der Waals surface area contributed by atoms with Crippen molar-refractivity contribution in [3.05, 3.63) is 23.0 Å². The first-order valence-electron chi connectivity index (χ1n) is 4.82. The van der Waals surface area contributed by atoms with Crippen LogP contribution in [0.3, 0.4) is 0 Å². The Hall–Kier alpha value is -1.69. The number of aryl methyl sites for hydroxylation is 1. The molecule has 5 nitrogen and oxygen atoms in total. The van der Waals surface area contributed by atoms with E-state index in [0.29, 0.717) is 11.3 Å². The third-order valence-electron chi connectivity index (χ3n) is 2.17. The molecule has 16 heavy (non-hydrogen) atoms. The van der Waals surface area contributed by atoms with Crippen LogP contribution in [-0.4, -0.2) is 28.3 Å². The van der Waals surface area contributed by atoms with Crippen LogP contribution in [0.25, 0.3) is 10.6 Å². The minimum absolute atomic E-state index is 0.347. The predicted molar refractivity (Wildman–Crippen MR) is 60.4 cm³/mol. The molecule has 0 aromatic carbocycles. The molecule has 0 bridgehead atoms. The maximum absolute atomic E-state index is 11.4. The summed E-state index contributed by atoms with van der Waals surface area (Å²) in [7, 11) is 1.34. The first-order chi connectivity index (χ1) is 7.76. The number of nitrogens with one attached hydrogen (secondary N) is 1. The molecule has 1 N–H and O–H groups in total. The van der Waals surface area contributed by atoms with E-state index in [1.165, 1.54) is 18.4 Å². The Morgan fingerprint density at radius 1 is 1.62 bits per heavy atom. The first kappa shape index (κ1) is 10.8. The molecule has 2 aromatic rings. The number of carbonyl (C=O) groups excluding carboxylic acids is 1. The number of nitrogens with zero attached hydrogens (tertiary/aromatic N) is 2. The molecule has 0 aliphatic rings. The molecule has 0 fully saturated rings. The van der Waals surface area contributed by atoms with Gasteiger partial charge in [-0.25, -0.2) is 9.78 Å². The standard InChI is InChI=1S/C10H11N3O2S/c1-3-6-5-16-9(12-6)7-4-11-13-8(7)10(14)15-2/h4-5H,3H2,1-2H3,(H,11,13). The lowest BCUT2D eigenvalue weighted by atomic mass is 10.2. The summed E-state index contributed by atoms with van der Waals surface area (Å²) in [4.78, 5) is 15.8. The van der Waals surface area contributed by atoms with Crippen LogP contribution in [0, 0.1) is 0 Å². The summed E-state index contributed by atoms with van der Waals surface area (Å²) in [5, 5.41) is 9.23. The second kappa shape index (κ2) is 4.44. The van der Waals surface area contributed by atoms with Gasteiger partial charge in [-0.3, -0.25) is 5.10 Å². The van der Waals surface area contributed by atoms with Gasteiger partial charge in [0.25, 0.3) is 0 Å². The van der Waals surface area contributed by atoms with Gasteiger partial charge in [0, 0.05) is 5.38 Å². The molecule has 0 spiro atoms. The number of ether oxygens (including phenoxy) is 1. The molecule has 0 atom stereocenters. The van der Waals surface area contributed by atoms with Crippen LogP contribution in [-0.2, 0) is 11.2 Å². The van der Waals surface area contributed by atoms with E-state index in [4.69, 9.17) is 0 Å².